The minimum absolute atomic E-state index is 0.0378. The van der Waals surface area contributed by atoms with Crippen molar-refractivity contribution in [2.24, 2.45) is 0 Å². The van der Waals surface area contributed by atoms with Gasteiger partial charge in [-0.25, -0.2) is 4.79 Å². The van der Waals surface area contributed by atoms with Gasteiger partial charge in [-0.2, -0.15) is 0 Å². The number of hydrogen-bond acceptors (Lipinski definition) is 5. The van der Waals surface area contributed by atoms with Gasteiger partial charge in [-0.15, -0.1) is 0 Å². The van der Waals surface area contributed by atoms with Crippen LogP contribution in [-0.2, 0) is 14.3 Å². The zero-order valence-corrected chi connectivity index (χ0v) is 14.9. The number of para-hydroxylation sites is 1. The van der Waals surface area contributed by atoms with Crippen LogP contribution in [0.5, 0.6) is 0 Å². The van der Waals surface area contributed by atoms with E-state index >= 15 is 0 Å². The van der Waals surface area contributed by atoms with Crippen molar-refractivity contribution in [2.45, 2.75) is 6.92 Å². The summed E-state index contributed by atoms with van der Waals surface area (Å²) in [6.45, 7) is 0.847. The Morgan fingerprint density at radius 1 is 0.964 bits per heavy atom. The normalized spacial score (nSPS) is 10.3. The van der Waals surface area contributed by atoms with Crippen molar-refractivity contribution in [3.63, 3.8) is 0 Å². The number of H-pyrrole nitrogens is 1. The van der Waals surface area contributed by atoms with Gasteiger partial charge in [-0.1, -0.05) is 18.2 Å². The minimum atomic E-state index is -0.815. The Hall–Kier alpha value is -3.94. The van der Waals surface area contributed by atoms with E-state index in [1.807, 2.05) is 0 Å². The third-order valence-corrected chi connectivity index (χ3v) is 3.76. The number of hydrogen-bond donors (Lipinski definition) is 3. The number of carbonyl (C=O) groups excluding carboxylic acids is 3. The molecule has 2 amide bonds. The number of ether oxygens (including phenoxy) is 1. The number of amides is 2. The Labute approximate surface area is 159 Å². The molecule has 8 heteroatoms. The first-order chi connectivity index (χ1) is 13.4. The van der Waals surface area contributed by atoms with E-state index in [1.165, 1.54) is 6.92 Å². The summed E-state index contributed by atoms with van der Waals surface area (Å²) in [5.74, 6) is -1.61. The van der Waals surface area contributed by atoms with Gasteiger partial charge in [0.1, 0.15) is 5.69 Å². The molecule has 28 heavy (non-hydrogen) atoms. The second-order valence-electron chi connectivity index (χ2n) is 5.98. The molecule has 0 spiro atoms. The topological polar surface area (TPSA) is 117 Å². The Bertz CT molecular complexity index is 1120. The van der Waals surface area contributed by atoms with E-state index in [0.29, 0.717) is 22.3 Å². The summed E-state index contributed by atoms with van der Waals surface area (Å²) in [7, 11) is 0. The molecule has 0 radical (unpaired) electrons. The zero-order chi connectivity index (χ0) is 20.1. The van der Waals surface area contributed by atoms with Crippen LogP contribution in [0.3, 0.4) is 0 Å². The van der Waals surface area contributed by atoms with E-state index in [4.69, 9.17) is 4.74 Å². The van der Waals surface area contributed by atoms with Gasteiger partial charge in [0.25, 0.3) is 5.91 Å². The fraction of sp³-hybridized carbons (Fsp3) is 0.100. The van der Waals surface area contributed by atoms with Crippen LogP contribution >= 0.6 is 0 Å². The average Bonchev–Trinajstić information content (AvgIpc) is 2.66. The highest BCUT2D eigenvalue weighted by Crippen LogP contribution is 2.15. The monoisotopic (exact) mass is 379 g/mol. The van der Waals surface area contributed by atoms with Crippen molar-refractivity contribution in [1.82, 2.24) is 4.98 Å². The van der Waals surface area contributed by atoms with E-state index in [0.717, 1.165) is 6.07 Å². The van der Waals surface area contributed by atoms with Crippen molar-refractivity contribution < 1.29 is 19.1 Å². The van der Waals surface area contributed by atoms with Gasteiger partial charge in [-0.3, -0.25) is 14.4 Å². The molecule has 3 aromatic rings. The highest BCUT2D eigenvalue weighted by Gasteiger charge is 2.13. The molecule has 142 valence electrons. The second-order valence-corrected chi connectivity index (χ2v) is 5.98. The Morgan fingerprint density at radius 2 is 1.68 bits per heavy atom. The van der Waals surface area contributed by atoms with Gasteiger partial charge in [-0.05, 0) is 30.3 Å². The summed E-state index contributed by atoms with van der Waals surface area (Å²) in [6.07, 6.45) is 0. The molecule has 0 aliphatic carbocycles. The number of nitrogens with one attached hydrogen (secondary N) is 3. The number of carbonyl (C=O) groups is 3. The summed E-state index contributed by atoms with van der Waals surface area (Å²) in [6, 6.07) is 14.4. The van der Waals surface area contributed by atoms with Gasteiger partial charge in [0.15, 0.2) is 12.0 Å². The third-order valence-electron chi connectivity index (χ3n) is 3.76. The molecule has 0 saturated carbocycles. The van der Waals surface area contributed by atoms with Crippen molar-refractivity contribution in [3.8, 4) is 0 Å². The fourth-order valence-corrected chi connectivity index (χ4v) is 2.59. The number of rotatable bonds is 5. The first-order valence-electron chi connectivity index (χ1n) is 8.39. The smallest absolute Gasteiger partial charge is 0.355 e. The average molecular weight is 379 g/mol. The predicted molar refractivity (Wildman–Crippen MR) is 104 cm³/mol. The van der Waals surface area contributed by atoms with Crippen LogP contribution in [0.1, 0.15) is 17.4 Å². The van der Waals surface area contributed by atoms with Crippen molar-refractivity contribution in [2.75, 3.05) is 17.2 Å². The highest BCUT2D eigenvalue weighted by molar-refractivity contribution is 5.96. The molecule has 0 aliphatic heterocycles. The summed E-state index contributed by atoms with van der Waals surface area (Å²) in [5, 5.41) is 5.62. The molecule has 0 aliphatic rings. The number of esters is 1. The number of pyridine rings is 1. The van der Waals surface area contributed by atoms with E-state index in [1.54, 1.807) is 48.5 Å². The van der Waals surface area contributed by atoms with Crippen LogP contribution in [0.15, 0.2) is 59.4 Å². The minimum Gasteiger partial charge on any atom is -0.451 e. The van der Waals surface area contributed by atoms with E-state index in [-0.39, 0.29) is 17.0 Å². The lowest BCUT2D eigenvalue weighted by molar-refractivity contribution is -0.119. The largest absolute Gasteiger partial charge is 0.451 e. The van der Waals surface area contributed by atoms with Crippen LogP contribution in [0.4, 0.5) is 11.4 Å². The van der Waals surface area contributed by atoms with Crippen molar-refractivity contribution in [3.05, 3.63) is 70.5 Å². The van der Waals surface area contributed by atoms with Crippen LogP contribution in [0.2, 0.25) is 0 Å². The van der Waals surface area contributed by atoms with Crippen LogP contribution < -0.4 is 16.1 Å². The zero-order valence-electron chi connectivity index (χ0n) is 14.9. The molecule has 1 heterocycles. The van der Waals surface area contributed by atoms with Crippen LogP contribution in [0.25, 0.3) is 10.9 Å². The van der Waals surface area contributed by atoms with E-state index in [9.17, 15) is 19.2 Å². The second kappa shape index (κ2) is 8.17. The van der Waals surface area contributed by atoms with Gasteiger partial charge in [0.2, 0.25) is 5.91 Å². The molecule has 3 rings (SSSR count). The summed E-state index contributed by atoms with van der Waals surface area (Å²) < 4.78 is 4.97. The Kier molecular flexibility index (Phi) is 5.50. The molecule has 8 nitrogen and oxygen atoms in total. The molecule has 2 aromatic carbocycles. The Balaban J connectivity index is 1.62. The first kappa shape index (κ1) is 18.8. The molecule has 0 saturated heterocycles. The van der Waals surface area contributed by atoms with Crippen molar-refractivity contribution in [1.29, 1.82) is 0 Å². The lowest BCUT2D eigenvalue weighted by Gasteiger charge is -2.09. The number of aromatic nitrogens is 1. The van der Waals surface area contributed by atoms with Crippen LogP contribution in [0, 0.1) is 0 Å². The van der Waals surface area contributed by atoms with Crippen molar-refractivity contribution >= 4 is 40.1 Å². The SMILES string of the molecule is CC(=O)Nc1cccc(NC(=O)COC(=O)c2cc(=O)c3ccccc3[nH]2)c1. The number of benzene rings is 2. The third kappa shape index (κ3) is 4.61. The first-order valence-corrected chi connectivity index (χ1v) is 8.39. The lowest BCUT2D eigenvalue weighted by atomic mass is 10.2. The van der Waals surface area contributed by atoms with E-state index in [2.05, 4.69) is 15.6 Å². The van der Waals surface area contributed by atoms with Gasteiger partial charge >= 0.3 is 5.97 Å². The molecular formula is C20H17N3O5. The van der Waals surface area contributed by atoms with Crippen LogP contribution in [-0.4, -0.2) is 29.4 Å². The maximum atomic E-state index is 12.2. The summed E-state index contributed by atoms with van der Waals surface area (Å²) >= 11 is 0. The predicted octanol–water partition coefficient (Wildman–Crippen LogP) is 2.28. The standard InChI is InChI=1S/C20H17N3O5/c1-12(24)21-13-5-4-6-14(9-13)22-19(26)11-28-20(27)17-10-18(25)15-7-2-3-8-16(15)23-17/h2-10H,11H2,1H3,(H,21,24)(H,22,26)(H,23,25). The molecule has 0 unspecified atom stereocenters. The molecule has 3 N–H and O–H groups in total. The maximum absolute atomic E-state index is 12.2. The lowest BCUT2D eigenvalue weighted by Crippen LogP contribution is -2.22. The molecule has 0 atom stereocenters. The summed E-state index contributed by atoms with van der Waals surface area (Å²) in [5.41, 5.74) is 1.10. The Morgan fingerprint density at radius 3 is 2.43 bits per heavy atom. The highest BCUT2D eigenvalue weighted by atomic mass is 16.5. The number of fused-ring (bicyclic) bond motifs is 1. The quantitative estimate of drug-likeness (QED) is 0.588. The van der Waals surface area contributed by atoms with Gasteiger partial charge in [0.05, 0.1) is 0 Å². The summed E-state index contributed by atoms with van der Waals surface area (Å²) in [4.78, 5) is 50.1. The molecular weight excluding hydrogens is 362 g/mol. The number of aromatic amines is 1. The van der Waals surface area contributed by atoms with Gasteiger partial charge in [0, 0.05) is 35.3 Å². The molecule has 0 bridgehead atoms. The van der Waals surface area contributed by atoms with Gasteiger partial charge < -0.3 is 20.4 Å². The molecule has 1 aromatic heterocycles. The van der Waals surface area contributed by atoms with E-state index < -0.39 is 18.5 Å². The maximum Gasteiger partial charge on any atom is 0.355 e. The molecule has 0 fully saturated rings. The number of anilines is 2. The fourth-order valence-electron chi connectivity index (χ4n) is 2.59.